The van der Waals surface area contributed by atoms with E-state index in [1.807, 2.05) is 0 Å². The van der Waals surface area contributed by atoms with Crippen molar-refractivity contribution in [3.63, 3.8) is 0 Å². The molecule has 0 radical (unpaired) electrons. The van der Waals surface area contributed by atoms with Crippen LogP contribution in [0.4, 0.5) is 0 Å². The first-order valence-corrected chi connectivity index (χ1v) is 9.28. The smallest absolute Gasteiger partial charge is 0.331 e. The third-order valence-electron chi connectivity index (χ3n) is 3.77. The van der Waals surface area contributed by atoms with Gasteiger partial charge in [-0.05, 0) is 32.1 Å². The van der Waals surface area contributed by atoms with Gasteiger partial charge in [-0.1, -0.05) is 46.0 Å². The number of benzene rings is 1. The van der Waals surface area contributed by atoms with Gasteiger partial charge in [0.1, 0.15) is 5.15 Å². The van der Waals surface area contributed by atoms with Gasteiger partial charge < -0.3 is 9.26 Å². The molecule has 3 rings (SSSR count). The Bertz CT molecular complexity index is 1020. The third-order valence-corrected chi connectivity index (χ3v) is 4.88. The van der Waals surface area contributed by atoms with Crippen molar-refractivity contribution in [1.82, 2.24) is 19.9 Å². The van der Waals surface area contributed by atoms with E-state index in [1.165, 1.54) is 12.2 Å². The van der Waals surface area contributed by atoms with E-state index >= 15 is 0 Å². The van der Waals surface area contributed by atoms with Crippen LogP contribution in [0.1, 0.15) is 28.5 Å². The quantitative estimate of drug-likeness (QED) is 0.409. The van der Waals surface area contributed by atoms with Crippen LogP contribution in [-0.4, -0.2) is 25.9 Å². The van der Waals surface area contributed by atoms with Gasteiger partial charge in [-0.15, -0.1) is 0 Å². The summed E-state index contributed by atoms with van der Waals surface area (Å²) in [6.45, 7) is 3.64. The molecule has 0 fully saturated rings. The number of aromatic nitrogens is 4. The van der Waals surface area contributed by atoms with Crippen molar-refractivity contribution >= 4 is 46.8 Å². The van der Waals surface area contributed by atoms with E-state index in [4.69, 9.17) is 44.1 Å². The molecule has 0 spiro atoms. The number of hydrogen-bond acceptors (Lipinski definition) is 6. The zero-order valence-electron chi connectivity index (χ0n) is 14.9. The topological polar surface area (TPSA) is 83.0 Å². The Labute approximate surface area is 175 Å². The van der Waals surface area contributed by atoms with Gasteiger partial charge in [-0.25, -0.2) is 9.48 Å². The van der Waals surface area contributed by atoms with Crippen LogP contribution < -0.4 is 0 Å². The van der Waals surface area contributed by atoms with Crippen molar-refractivity contribution in [3.05, 3.63) is 68.0 Å². The van der Waals surface area contributed by atoms with Crippen LogP contribution >= 0.6 is 34.8 Å². The molecule has 1 aromatic carbocycles. The van der Waals surface area contributed by atoms with Crippen molar-refractivity contribution < 1.29 is 14.1 Å². The molecule has 2 aromatic heterocycles. The highest BCUT2D eigenvalue weighted by Crippen LogP contribution is 2.28. The number of halogens is 3. The Balaban J connectivity index is 1.71. The van der Waals surface area contributed by atoms with Crippen LogP contribution in [0.5, 0.6) is 0 Å². The van der Waals surface area contributed by atoms with Gasteiger partial charge in [0.2, 0.25) is 0 Å². The Morgan fingerprint density at radius 1 is 1.25 bits per heavy atom. The summed E-state index contributed by atoms with van der Waals surface area (Å²) in [5, 5.41) is 9.41. The summed E-state index contributed by atoms with van der Waals surface area (Å²) in [4.78, 5) is 15.9. The van der Waals surface area contributed by atoms with E-state index in [2.05, 4.69) is 15.2 Å². The molecule has 0 aliphatic carbocycles. The molecular formula is C18H15Cl3N4O3. The lowest BCUT2D eigenvalue weighted by molar-refractivity contribution is -0.139. The monoisotopic (exact) mass is 440 g/mol. The lowest BCUT2D eigenvalue weighted by Gasteiger charge is -2.08. The molecule has 3 aromatic rings. The SMILES string of the molecule is Cc1noc(COC(=O)/C=C/c2c(C)nn(Cc3c(Cl)cccc3Cl)c2Cl)n1. The number of nitrogens with zero attached hydrogens (tertiary/aromatic N) is 4. The van der Waals surface area contributed by atoms with Gasteiger partial charge in [0, 0.05) is 27.2 Å². The number of hydrogen-bond donors (Lipinski definition) is 0. The second kappa shape index (κ2) is 8.77. The fourth-order valence-electron chi connectivity index (χ4n) is 2.43. The van der Waals surface area contributed by atoms with Gasteiger partial charge in [0.05, 0.1) is 12.2 Å². The summed E-state index contributed by atoms with van der Waals surface area (Å²) in [6, 6.07) is 5.25. The standard InChI is InChI=1S/C18H15Cl3N4O3/c1-10-12(6-7-17(26)27-9-16-22-11(2)24-28-16)18(21)25(23-10)8-13-14(19)4-3-5-15(13)20/h3-7H,8-9H2,1-2H3/b7-6+. The average Bonchev–Trinajstić information content (AvgIpc) is 3.18. The molecule has 0 saturated heterocycles. The molecule has 0 atom stereocenters. The molecule has 0 bridgehead atoms. The third kappa shape index (κ3) is 4.73. The molecule has 0 aliphatic rings. The van der Waals surface area contributed by atoms with Gasteiger partial charge >= 0.3 is 5.97 Å². The van der Waals surface area contributed by atoms with E-state index in [0.717, 1.165) is 0 Å². The Morgan fingerprint density at radius 2 is 1.96 bits per heavy atom. The number of aryl methyl sites for hydroxylation is 2. The van der Waals surface area contributed by atoms with Crippen molar-refractivity contribution in [2.24, 2.45) is 0 Å². The molecule has 0 aliphatic heterocycles. The minimum absolute atomic E-state index is 0.110. The van der Waals surface area contributed by atoms with Crippen LogP contribution in [0.2, 0.25) is 15.2 Å². The summed E-state index contributed by atoms with van der Waals surface area (Å²) in [5.41, 5.74) is 1.94. The molecule has 0 unspecified atom stereocenters. The molecule has 28 heavy (non-hydrogen) atoms. The zero-order chi connectivity index (χ0) is 20.3. The van der Waals surface area contributed by atoms with Crippen molar-refractivity contribution in [2.45, 2.75) is 27.0 Å². The highest BCUT2D eigenvalue weighted by Gasteiger charge is 2.15. The van der Waals surface area contributed by atoms with E-state index in [0.29, 0.717) is 44.4 Å². The lowest BCUT2D eigenvalue weighted by atomic mass is 10.2. The maximum absolute atomic E-state index is 11.9. The van der Waals surface area contributed by atoms with Crippen LogP contribution in [0.15, 0.2) is 28.8 Å². The highest BCUT2D eigenvalue weighted by atomic mass is 35.5. The lowest BCUT2D eigenvalue weighted by Crippen LogP contribution is -2.03. The normalized spacial score (nSPS) is 11.3. The van der Waals surface area contributed by atoms with E-state index in [9.17, 15) is 4.79 Å². The highest BCUT2D eigenvalue weighted by molar-refractivity contribution is 6.36. The maximum Gasteiger partial charge on any atom is 0.331 e. The van der Waals surface area contributed by atoms with Crippen LogP contribution in [-0.2, 0) is 22.7 Å². The Kier molecular flexibility index (Phi) is 6.39. The van der Waals surface area contributed by atoms with E-state index < -0.39 is 5.97 Å². The van der Waals surface area contributed by atoms with Gasteiger partial charge in [0.25, 0.3) is 5.89 Å². The molecule has 146 valence electrons. The summed E-state index contributed by atoms with van der Waals surface area (Å²) in [5.74, 6) is 0.112. The van der Waals surface area contributed by atoms with Crippen LogP contribution in [0.3, 0.4) is 0 Å². The number of carbonyl (C=O) groups is 1. The van der Waals surface area contributed by atoms with Gasteiger partial charge in [-0.2, -0.15) is 10.1 Å². The zero-order valence-corrected chi connectivity index (χ0v) is 17.2. The molecule has 2 heterocycles. The average molecular weight is 442 g/mol. The largest absolute Gasteiger partial charge is 0.452 e. The number of esters is 1. The number of carbonyl (C=O) groups excluding carboxylic acids is 1. The van der Waals surface area contributed by atoms with E-state index in [1.54, 1.807) is 36.7 Å². The van der Waals surface area contributed by atoms with Gasteiger partial charge in [-0.3, -0.25) is 0 Å². The molecule has 0 amide bonds. The van der Waals surface area contributed by atoms with Crippen LogP contribution in [0, 0.1) is 13.8 Å². The number of rotatable bonds is 6. The van der Waals surface area contributed by atoms with Crippen molar-refractivity contribution in [1.29, 1.82) is 0 Å². The summed E-state index contributed by atoms with van der Waals surface area (Å²) >= 11 is 18.8. The molecular weight excluding hydrogens is 427 g/mol. The first kappa shape index (κ1) is 20.4. The van der Waals surface area contributed by atoms with Crippen molar-refractivity contribution in [3.8, 4) is 0 Å². The Hall–Kier alpha value is -2.35. The number of ether oxygens (including phenoxy) is 1. The molecule has 10 heteroatoms. The van der Waals surface area contributed by atoms with Gasteiger partial charge in [0.15, 0.2) is 12.4 Å². The molecule has 7 nitrogen and oxygen atoms in total. The first-order valence-electron chi connectivity index (χ1n) is 8.15. The Morgan fingerprint density at radius 3 is 2.61 bits per heavy atom. The second-order valence-electron chi connectivity index (χ2n) is 5.82. The molecule has 0 saturated carbocycles. The van der Waals surface area contributed by atoms with Crippen molar-refractivity contribution in [2.75, 3.05) is 0 Å². The predicted octanol–water partition coefficient (Wildman–Crippen LogP) is 4.65. The first-order chi connectivity index (χ1) is 13.3. The predicted molar refractivity (Wildman–Crippen MR) is 105 cm³/mol. The minimum atomic E-state index is -0.576. The summed E-state index contributed by atoms with van der Waals surface area (Å²) < 4.78 is 11.5. The second-order valence-corrected chi connectivity index (χ2v) is 7.00. The van der Waals surface area contributed by atoms with Crippen LogP contribution in [0.25, 0.3) is 6.08 Å². The molecule has 0 N–H and O–H groups in total. The maximum atomic E-state index is 11.9. The van der Waals surface area contributed by atoms with E-state index in [-0.39, 0.29) is 12.5 Å². The summed E-state index contributed by atoms with van der Waals surface area (Å²) in [6.07, 6.45) is 2.79. The summed E-state index contributed by atoms with van der Waals surface area (Å²) in [7, 11) is 0. The fraction of sp³-hybridized carbons (Fsp3) is 0.222. The minimum Gasteiger partial charge on any atom is -0.452 e. The fourth-order valence-corrected chi connectivity index (χ4v) is 3.24.